The van der Waals surface area contributed by atoms with Crippen molar-refractivity contribution in [3.05, 3.63) is 63.8 Å². The lowest BCUT2D eigenvalue weighted by atomic mass is 9.95. The predicted molar refractivity (Wildman–Crippen MR) is 141 cm³/mol. The molecule has 0 aliphatic carbocycles. The van der Waals surface area contributed by atoms with Crippen LogP contribution in [0.15, 0.2) is 41.3 Å². The molecule has 0 spiro atoms. The third kappa shape index (κ3) is 5.37. The number of allylic oxidation sites excluding steroid dienone is 2. The average Bonchev–Trinajstić information content (AvgIpc) is 3.17. The highest BCUT2D eigenvalue weighted by atomic mass is 32.1. The van der Waals surface area contributed by atoms with Crippen LogP contribution in [0.1, 0.15) is 51.6 Å². The Hall–Kier alpha value is -3.43. The minimum atomic E-state index is -0.273. The number of amides is 1. The summed E-state index contributed by atoms with van der Waals surface area (Å²) in [6, 6.07) is 3.80. The number of carbonyl (C=O) groups is 1. The van der Waals surface area contributed by atoms with E-state index in [1.807, 2.05) is 32.2 Å². The maximum absolute atomic E-state index is 13.4. The molecular formula is C27H29N5O3S. The van der Waals surface area contributed by atoms with E-state index in [2.05, 4.69) is 26.3 Å². The van der Waals surface area contributed by atoms with Gasteiger partial charge in [-0.15, -0.1) is 11.3 Å². The molecule has 1 saturated heterocycles. The van der Waals surface area contributed by atoms with Crippen molar-refractivity contribution in [2.75, 3.05) is 25.6 Å². The van der Waals surface area contributed by atoms with Gasteiger partial charge in [-0.25, -0.2) is 4.98 Å². The SMILES string of the molecule is COc1cnc(C)cc1-c1cc(C)ncc1C(=O)Nc1nc2c(s1)CC=C(CC1CCOCC1)N=C2. The molecule has 36 heavy (non-hydrogen) atoms. The molecule has 2 aliphatic heterocycles. The molecule has 186 valence electrons. The van der Waals surface area contributed by atoms with E-state index in [1.165, 1.54) is 11.3 Å². The number of pyridine rings is 2. The van der Waals surface area contributed by atoms with Gasteiger partial charge in [0.15, 0.2) is 5.13 Å². The first-order valence-electron chi connectivity index (χ1n) is 12.1. The molecule has 9 heteroatoms. The lowest BCUT2D eigenvalue weighted by Gasteiger charge is -2.21. The topological polar surface area (TPSA) is 98.6 Å². The molecule has 0 atom stereocenters. The van der Waals surface area contributed by atoms with E-state index in [0.29, 0.717) is 22.4 Å². The van der Waals surface area contributed by atoms with Crippen molar-refractivity contribution in [1.82, 2.24) is 15.0 Å². The molecule has 5 heterocycles. The molecule has 1 N–H and O–H groups in total. The zero-order valence-corrected chi connectivity index (χ0v) is 21.5. The Balaban J connectivity index is 1.35. The number of aliphatic imine (C=N–C) groups is 1. The molecule has 8 nitrogen and oxygen atoms in total. The van der Waals surface area contributed by atoms with Crippen LogP contribution in [-0.2, 0) is 11.2 Å². The fourth-order valence-corrected chi connectivity index (χ4v) is 5.39. The molecule has 0 saturated carbocycles. The van der Waals surface area contributed by atoms with Crippen molar-refractivity contribution in [2.24, 2.45) is 10.9 Å². The molecule has 1 amide bonds. The average molecular weight is 504 g/mol. The fourth-order valence-electron chi connectivity index (χ4n) is 4.50. The smallest absolute Gasteiger partial charge is 0.259 e. The van der Waals surface area contributed by atoms with Gasteiger partial charge in [-0.3, -0.25) is 25.1 Å². The summed E-state index contributed by atoms with van der Waals surface area (Å²) in [7, 11) is 1.59. The standard InChI is InChI=1S/C27H29N5O3S/c1-16-10-20(21-11-17(2)29-15-24(21)34-3)22(13-28-16)26(33)32-27-31-23-14-30-19(4-5-25(23)36-27)12-18-6-8-35-9-7-18/h4,10-11,13-15,18H,5-9,12H2,1-3H3,(H,31,32,33). The van der Waals surface area contributed by atoms with Crippen LogP contribution < -0.4 is 10.1 Å². The van der Waals surface area contributed by atoms with Gasteiger partial charge in [0.1, 0.15) is 5.75 Å². The third-order valence-corrected chi connectivity index (χ3v) is 7.47. The normalized spacial score (nSPS) is 15.7. The second-order valence-electron chi connectivity index (χ2n) is 9.10. The molecule has 3 aromatic rings. The van der Waals surface area contributed by atoms with E-state index < -0.39 is 0 Å². The first kappa shape index (κ1) is 24.3. The van der Waals surface area contributed by atoms with Crippen molar-refractivity contribution in [1.29, 1.82) is 0 Å². The number of carbonyl (C=O) groups excluding carboxylic acids is 1. The van der Waals surface area contributed by atoms with Gasteiger partial charge in [-0.1, -0.05) is 6.08 Å². The number of nitrogens with one attached hydrogen (secondary N) is 1. The highest BCUT2D eigenvalue weighted by Crippen LogP contribution is 2.34. The number of ether oxygens (including phenoxy) is 2. The second-order valence-corrected chi connectivity index (χ2v) is 10.2. The molecule has 3 aromatic heterocycles. The highest BCUT2D eigenvalue weighted by Gasteiger charge is 2.21. The van der Waals surface area contributed by atoms with Crippen LogP contribution in [0.2, 0.25) is 0 Å². The van der Waals surface area contributed by atoms with Crippen molar-refractivity contribution in [2.45, 2.75) is 39.5 Å². The van der Waals surface area contributed by atoms with E-state index in [4.69, 9.17) is 14.5 Å². The highest BCUT2D eigenvalue weighted by molar-refractivity contribution is 7.16. The van der Waals surface area contributed by atoms with Gasteiger partial charge in [0.25, 0.3) is 5.91 Å². The molecule has 0 radical (unpaired) electrons. The van der Waals surface area contributed by atoms with E-state index >= 15 is 0 Å². The number of anilines is 1. The van der Waals surface area contributed by atoms with Crippen molar-refractivity contribution < 1.29 is 14.3 Å². The quantitative estimate of drug-likeness (QED) is 0.499. The Morgan fingerprint density at radius 2 is 1.89 bits per heavy atom. The van der Waals surface area contributed by atoms with Gasteiger partial charge in [0, 0.05) is 58.9 Å². The minimum Gasteiger partial charge on any atom is -0.494 e. The lowest BCUT2D eigenvalue weighted by Crippen LogP contribution is -2.15. The summed E-state index contributed by atoms with van der Waals surface area (Å²) in [5.41, 5.74) is 5.53. The number of nitrogens with zero attached hydrogens (tertiary/aromatic N) is 4. The monoisotopic (exact) mass is 503 g/mol. The number of aromatic nitrogens is 3. The van der Waals surface area contributed by atoms with Crippen LogP contribution in [0.4, 0.5) is 5.13 Å². The van der Waals surface area contributed by atoms with E-state index in [1.54, 1.807) is 19.5 Å². The van der Waals surface area contributed by atoms with Gasteiger partial charge in [0.05, 0.1) is 30.8 Å². The first-order valence-corrected chi connectivity index (χ1v) is 12.9. The van der Waals surface area contributed by atoms with Crippen LogP contribution in [-0.4, -0.2) is 47.4 Å². The van der Waals surface area contributed by atoms with Crippen LogP contribution in [0.3, 0.4) is 0 Å². The van der Waals surface area contributed by atoms with Crippen molar-refractivity contribution in [3.63, 3.8) is 0 Å². The Morgan fingerprint density at radius 3 is 2.67 bits per heavy atom. The number of hydrogen-bond donors (Lipinski definition) is 1. The molecule has 5 rings (SSSR count). The number of thiazole rings is 1. The van der Waals surface area contributed by atoms with Crippen LogP contribution in [0.5, 0.6) is 5.75 Å². The Bertz CT molecular complexity index is 1340. The largest absolute Gasteiger partial charge is 0.494 e. The molecule has 2 aliphatic rings. The number of rotatable bonds is 6. The summed E-state index contributed by atoms with van der Waals surface area (Å²) >= 11 is 1.48. The van der Waals surface area contributed by atoms with E-state index in [9.17, 15) is 4.79 Å². The molecule has 1 fully saturated rings. The van der Waals surface area contributed by atoms with E-state index in [-0.39, 0.29) is 5.91 Å². The van der Waals surface area contributed by atoms with E-state index in [0.717, 1.165) is 77.7 Å². The fraction of sp³-hybridized carbons (Fsp3) is 0.370. The molecule has 0 unspecified atom stereocenters. The molecular weight excluding hydrogens is 474 g/mol. The third-order valence-electron chi connectivity index (χ3n) is 6.46. The Kier molecular flexibility index (Phi) is 7.20. The second kappa shape index (κ2) is 10.7. The Morgan fingerprint density at radius 1 is 1.14 bits per heavy atom. The molecule has 0 aromatic carbocycles. The van der Waals surface area contributed by atoms with Gasteiger partial charge >= 0.3 is 0 Å². The predicted octanol–water partition coefficient (Wildman–Crippen LogP) is 5.15. The van der Waals surface area contributed by atoms with Gasteiger partial charge in [0.2, 0.25) is 0 Å². The summed E-state index contributed by atoms with van der Waals surface area (Å²) in [6.07, 6.45) is 11.2. The van der Waals surface area contributed by atoms with Crippen molar-refractivity contribution >= 4 is 28.6 Å². The summed E-state index contributed by atoms with van der Waals surface area (Å²) in [6.45, 7) is 5.48. The minimum absolute atomic E-state index is 0.273. The maximum atomic E-state index is 13.4. The lowest BCUT2D eigenvalue weighted by molar-refractivity contribution is 0.0664. The summed E-state index contributed by atoms with van der Waals surface area (Å²) in [5, 5.41) is 3.51. The van der Waals surface area contributed by atoms with Crippen LogP contribution >= 0.6 is 11.3 Å². The maximum Gasteiger partial charge on any atom is 0.259 e. The number of fused-ring (bicyclic) bond motifs is 1. The number of aryl methyl sites for hydroxylation is 2. The zero-order chi connectivity index (χ0) is 25.1. The van der Waals surface area contributed by atoms with Crippen LogP contribution in [0, 0.1) is 19.8 Å². The number of hydrogen-bond acceptors (Lipinski definition) is 8. The van der Waals surface area contributed by atoms with Crippen LogP contribution in [0.25, 0.3) is 11.1 Å². The van der Waals surface area contributed by atoms with Gasteiger partial charge in [-0.05, 0) is 51.2 Å². The molecule has 0 bridgehead atoms. The number of methoxy groups -OCH3 is 1. The van der Waals surface area contributed by atoms with Gasteiger partial charge < -0.3 is 9.47 Å². The summed E-state index contributed by atoms with van der Waals surface area (Å²) < 4.78 is 11.0. The zero-order valence-electron chi connectivity index (χ0n) is 20.7. The summed E-state index contributed by atoms with van der Waals surface area (Å²) in [4.78, 5) is 32.5. The summed E-state index contributed by atoms with van der Waals surface area (Å²) in [5.74, 6) is 0.951. The Labute approximate surface area is 214 Å². The van der Waals surface area contributed by atoms with Crippen molar-refractivity contribution in [3.8, 4) is 16.9 Å². The van der Waals surface area contributed by atoms with Gasteiger partial charge in [-0.2, -0.15) is 0 Å². The first-order chi connectivity index (χ1) is 17.5.